The van der Waals surface area contributed by atoms with E-state index in [1.165, 1.54) is 0 Å². The first-order valence-corrected chi connectivity index (χ1v) is 12.2. The van der Waals surface area contributed by atoms with Crippen molar-refractivity contribution in [2.45, 2.75) is 0 Å². The largest absolute Gasteiger partial charge is 0.0858 e. The van der Waals surface area contributed by atoms with Crippen molar-refractivity contribution in [3.63, 3.8) is 0 Å². The molecule has 8 heteroatoms. The van der Waals surface area contributed by atoms with E-state index >= 15 is 0 Å². The van der Waals surface area contributed by atoms with Gasteiger partial charge in [0, 0.05) is 24.6 Å². The average molecular weight is 280 g/mol. The van der Waals surface area contributed by atoms with E-state index in [0.29, 0.717) is 0 Å². The smallest absolute Gasteiger partial charge is 0.0378 e. The van der Waals surface area contributed by atoms with Gasteiger partial charge in [0.1, 0.15) is 0 Å². The maximum Gasteiger partial charge on any atom is 0.0378 e. The third kappa shape index (κ3) is 4.96. The first-order valence-electron chi connectivity index (χ1n) is 2.20. The Morgan fingerprint density at radius 2 is 1.40 bits per heavy atom. The van der Waals surface area contributed by atoms with Gasteiger partial charge in [0.15, 0.2) is 0 Å². The van der Waals surface area contributed by atoms with E-state index in [9.17, 15) is 0 Å². The molecule has 0 nitrogen and oxygen atoms in total. The highest BCUT2D eigenvalue weighted by atomic mass is 32.8. The second-order valence-electron chi connectivity index (χ2n) is 1.47. The van der Waals surface area contributed by atoms with E-state index in [-0.39, 0.29) is 0 Å². The van der Waals surface area contributed by atoms with Gasteiger partial charge in [-0.3, -0.25) is 0 Å². The molecule has 0 spiro atoms. The van der Waals surface area contributed by atoms with Crippen LogP contribution in [0.1, 0.15) is 0 Å². The van der Waals surface area contributed by atoms with Crippen LogP contribution in [-0.2, 0) is 47.2 Å². The third-order valence-corrected chi connectivity index (χ3v) is 17.3. The maximum absolute atomic E-state index is 5.35. The molecule has 0 N–H and O–H groups in total. The predicted molar refractivity (Wildman–Crippen MR) is 66.9 cm³/mol. The lowest BCUT2D eigenvalue weighted by Crippen LogP contribution is -1.72. The molecule has 0 aromatic rings. The molecule has 56 valence electrons. The van der Waals surface area contributed by atoms with Crippen LogP contribution in [0.5, 0.6) is 0 Å². The molecule has 0 saturated heterocycles. The van der Waals surface area contributed by atoms with Crippen molar-refractivity contribution in [1.82, 2.24) is 0 Å². The van der Waals surface area contributed by atoms with Crippen molar-refractivity contribution >= 4 is 74.7 Å². The molecule has 0 rings (SSSR count). The van der Waals surface area contributed by atoms with E-state index in [1.807, 2.05) is 0 Å². The van der Waals surface area contributed by atoms with Gasteiger partial charge in [0.25, 0.3) is 0 Å². The van der Waals surface area contributed by atoms with Crippen LogP contribution in [0.4, 0.5) is 0 Å². The molecule has 10 heavy (non-hydrogen) atoms. The Morgan fingerprint density at radius 3 is 1.60 bits per heavy atom. The van der Waals surface area contributed by atoms with Gasteiger partial charge in [-0.05, 0) is 14.7 Å². The van der Waals surface area contributed by atoms with Crippen LogP contribution >= 0.6 is 27.5 Å². The van der Waals surface area contributed by atoms with Gasteiger partial charge in [-0.15, -0.1) is 0 Å². The van der Waals surface area contributed by atoms with Crippen LogP contribution in [0.2, 0.25) is 0 Å². The van der Waals surface area contributed by atoms with Crippen molar-refractivity contribution in [3.8, 4) is 0 Å². The van der Waals surface area contributed by atoms with Crippen molar-refractivity contribution in [3.05, 3.63) is 0 Å². The monoisotopic (exact) mass is 280 g/mol. The Kier molecular flexibility index (Phi) is 8.18. The van der Waals surface area contributed by atoms with E-state index < -0.39 is 5.73 Å². The Bertz CT molecular complexity index is 174. The molecule has 0 aliphatic carbocycles. The number of hydrogen-bond acceptors (Lipinski definition) is 4. The summed E-state index contributed by atoms with van der Waals surface area (Å²) in [4.78, 5) is 0. The Balaban J connectivity index is 4.21. The zero-order chi connectivity index (χ0) is 8.04. The molecule has 0 saturated carbocycles. The summed E-state index contributed by atoms with van der Waals surface area (Å²) >= 11 is 19.9. The molecule has 0 atom stereocenters. The predicted octanol–water partition coefficient (Wildman–Crippen LogP) is 3.52. The van der Waals surface area contributed by atoms with Crippen molar-refractivity contribution < 1.29 is 0 Å². The Hall–Kier alpha value is 2.21. The summed E-state index contributed by atoms with van der Waals surface area (Å²) in [5.74, 6) is 1.85. The number of hydrogen-bond donors (Lipinski definition) is 0. The highest BCUT2D eigenvalue weighted by molar-refractivity contribution is 8.56. The molecule has 0 aromatic carbocycles. The van der Waals surface area contributed by atoms with Gasteiger partial charge in [0.05, 0.1) is 0 Å². The van der Waals surface area contributed by atoms with Crippen LogP contribution < -0.4 is 0 Å². The molecular weight excluding hydrogens is 276 g/mol. The lowest BCUT2D eigenvalue weighted by Gasteiger charge is -2.06. The Labute approximate surface area is 86.0 Å². The highest BCUT2D eigenvalue weighted by Crippen LogP contribution is 2.62. The summed E-state index contributed by atoms with van der Waals surface area (Å²) in [7, 11) is 2.84. The first-order chi connectivity index (χ1) is 4.68. The van der Waals surface area contributed by atoms with E-state index in [0.717, 1.165) is 33.6 Å². The standard InChI is InChI=1S/C2H4P4S4/c7-3-1-6(10,5-9)2-4-8/h1-2H2. The van der Waals surface area contributed by atoms with Gasteiger partial charge < -0.3 is 0 Å². The fourth-order valence-corrected chi connectivity index (χ4v) is 15.6. The van der Waals surface area contributed by atoms with E-state index in [4.69, 9.17) is 47.2 Å². The third-order valence-electron chi connectivity index (χ3n) is 0.706. The van der Waals surface area contributed by atoms with Crippen LogP contribution in [0.15, 0.2) is 0 Å². The molecule has 0 bridgehead atoms. The second kappa shape index (κ2) is 6.70. The summed E-state index contributed by atoms with van der Waals surface area (Å²) in [6, 6.07) is 0. The van der Waals surface area contributed by atoms with Gasteiger partial charge in [0.2, 0.25) is 0 Å². The molecule has 0 fully saturated rings. The van der Waals surface area contributed by atoms with Crippen molar-refractivity contribution in [1.29, 1.82) is 0 Å². The van der Waals surface area contributed by atoms with E-state index in [2.05, 4.69) is 0 Å². The molecule has 0 unspecified atom stereocenters. The lowest BCUT2D eigenvalue weighted by atomic mass is 11.9. The molecule has 0 aromatic heterocycles. The van der Waals surface area contributed by atoms with Crippen LogP contribution in [-0.4, -0.2) is 11.8 Å². The summed E-state index contributed by atoms with van der Waals surface area (Å²) in [5, 5.41) is 0. The van der Waals surface area contributed by atoms with Crippen molar-refractivity contribution in [2.75, 3.05) is 11.8 Å². The zero-order valence-corrected chi connectivity index (χ0v) is 11.7. The van der Waals surface area contributed by atoms with Gasteiger partial charge in [-0.2, -0.15) is 0 Å². The lowest BCUT2D eigenvalue weighted by molar-refractivity contribution is 2.10. The zero-order valence-electron chi connectivity index (χ0n) is 4.84. The van der Waals surface area contributed by atoms with Gasteiger partial charge in [-0.25, -0.2) is 0 Å². The maximum atomic E-state index is 5.35. The quantitative estimate of drug-likeness (QED) is 0.706. The Morgan fingerprint density at radius 1 is 1.00 bits per heavy atom. The van der Waals surface area contributed by atoms with Gasteiger partial charge >= 0.3 is 0 Å². The minimum atomic E-state index is -1.31. The highest BCUT2D eigenvalue weighted by Gasteiger charge is 2.11. The van der Waals surface area contributed by atoms with Gasteiger partial charge in [-0.1, -0.05) is 47.2 Å². The van der Waals surface area contributed by atoms with Crippen LogP contribution in [0, 0.1) is 0 Å². The van der Waals surface area contributed by atoms with Crippen LogP contribution in [0.25, 0.3) is 0 Å². The molecule has 0 aliphatic rings. The van der Waals surface area contributed by atoms with Crippen LogP contribution in [0.3, 0.4) is 0 Å². The second-order valence-corrected chi connectivity index (χ2v) is 14.8. The molecular formula is C2H4P4S4. The molecule has 0 aliphatic heterocycles. The fraction of sp³-hybridized carbons (Fsp3) is 1.00. The normalized spacial score (nSPS) is 17.6. The minimum absolute atomic E-state index is 0.923. The minimum Gasteiger partial charge on any atom is -0.0858 e. The first kappa shape index (κ1) is 12.2. The average Bonchev–Trinajstić information content (AvgIpc) is 1.89. The molecule has 0 amide bonds. The summed E-state index contributed by atoms with van der Waals surface area (Å²) in [6.07, 6.45) is 0. The van der Waals surface area contributed by atoms with E-state index in [1.54, 1.807) is 0 Å². The molecule has 0 radical (unpaired) electrons. The number of rotatable bonds is 5. The SMILES string of the molecule is S=PCP(=S)(CP=S)P=S. The van der Waals surface area contributed by atoms with Crippen molar-refractivity contribution in [2.24, 2.45) is 0 Å². The summed E-state index contributed by atoms with van der Waals surface area (Å²) in [6.45, 7) is 0. The summed E-state index contributed by atoms with van der Waals surface area (Å²) < 4.78 is 0. The fourth-order valence-electron chi connectivity index (χ4n) is 0.277. The summed E-state index contributed by atoms with van der Waals surface area (Å²) in [5.41, 5.74) is -1.31. The molecule has 0 heterocycles. The topological polar surface area (TPSA) is 0 Å².